The third-order valence-corrected chi connectivity index (χ3v) is 4.66. The van der Waals surface area contributed by atoms with E-state index in [1.807, 2.05) is 0 Å². The molecule has 0 fully saturated rings. The van der Waals surface area contributed by atoms with Crippen LogP contribution in [-0.2, 0) is 23.3 Å². The Morgan fingerprint density at radius 1 is 1.08 bits per heavy atom. The predicted molar refractivity (Wildman–Crippen MR) is 82.1 cm³/mol. The van der Waals surface area contributed by atoms with Gasteiger partial charge < -0.3 is 9.30 Å². The van der Waals surface area contributed by atoms with E-state index < -0.39 is 30.1 Å². The van der Waals surface area contributed by atoms with Crippen molar-refractivity contribution in [2.24, 2.45) is 0 Å². The lowest BCUT2D eigenvalue weighted by Gasteiger charge is -2.37. The highest BCUT2D eigenvalue weighted by atomic mass is 19.4. The minimum absolute atomic E-state index is 0.182. The average Bonchev–Trinajstić information content (AvgIpc) is 2.92. The summed E-state index contributed by atoms with van der Waals surface area (Å²) in [6, 6.07) is 2.91. The normalized spacial score (nSPS) is 15.1. The standard InChI is InChI=1S/C17H15F6NO2/c1-3-26-15(16(18,19)20,17(21,22)23)11-7-10-4-5-24-13(25)6-9(2)12(8-11)14(10)24/h6-8H,3-5H2,1-2H3. The third-order valence-electron chi connectivity index (χ3n) is 4.66. The number of aryl methyl sites for hydroxylation is 3. The maximum atomic E-state index is 13.7. The van der Waals surface area contributed by atoms with Gasteiger partial charge in [-0.15, -0.1) is 0 Å². The maximum Gasteiger partial charge on any atom is 0.430 e. The average molecular weight is 379 g/mol. The molecular formula is C17H15F6NO2. The van der Waals surface area contributed by atoms with Gasteiger partial charge >= 0.3 is 12.4 Å². The number of benzene rings is 1. The molecule has 0 saturated carbocycles. The van der Waals surface area contributed by atoms with Crippen LogP contribution in [0, 0.1) is 6.92 Å². The summed E-state index contributed by atoms with van der Waals surface area (Å²) in [5.74, 6) is 0. The fourth-order valence-electron chi connectivity index (χ4n) is 3.56. The quantitative estimate of drug-likeness (QED) is 0.748. The third kappa shape index (κ3) is 2.44. The molecular weight excluding hydrogens is 364 g/mol. The molecule has 26 heavy (non-hydrogen) atoms. The number of rotatable bonds is 3. The minimum atomic E-state index is -5.71. The van der Waals surface area contributed by atoms with Crippen LogP contribution < -0.4 is 5.56 Å². The summed E-state index contributed by atoms with van der Waals surface area (Å²) in [7, 11) is 0. The van der Waals surface area contributed by atoms with Crippen molar-refractivity contribution < 1.29 is 31.1 Å². The highest BCUT2D eigenvalue weighted by Gasteiger charge is 2.73. The van der Waals surface area contributed by atoms with Crippen LogP contribution in [0.15, 0.2) is 23.0 Å². The second kappa shape index (κ2) is 5.73. The Morgan fingerprint density at radius 2 is 1.69 bits per heavy atom. The predicted octanol–water partition coefficient (Wildman–Crippen LogP) is 4.22. The van der Waals surface area contributed by atoms with Crippen LogP contribution in [0.5, 0.6) is 0 Å². The lowest BCUT2D eigenvalue weighted by atomic mass is 9.88. The van der Waals surface area contributed by atoms with Crippen molar-refractivity contribution >= 4 is 10.9 Å². The van der Waals surface area contributed by atoms with Gasteiger partial charge in [-0.25, -0.2) is 0 Å². The first-order valence-corrected chi connectivity index (χ1v) is 7.89. The van der Waals surface area contributed by atoms with Crippen LogP contribution in [0.25, 0.3) is 10.9 Å². The van der Waals surface area contributed by atoms with Crippen molar-refractivity contribution in [3.05, 3.63) is 45.2 Å². The molecule has 0 amide bonds. The van der Waals surface area contributed by atoms with Gasteiger partial charge in [-0.2, -0.15) is 26.3 Å². The van der Waals surface area contributed by atoms with Crippen molar-refractivity contribution in [1.29, 1.82) is 0 Å². The molecule has 0 unspecified atom stereocenters. The SMILES string of the molecule is CCOC(c1cc2c3c(c1)c(C)cc(=O)n3CC2)(C(F)(F)F)C(F)(F)F. The fraction of sp³-hybridized carbons (Fsp3) is 0.471. The first-order valence-electron chi connectivity index (χ1n) is 7.89. The monoisotopic (exact) mass is 379 g/mol. The maximum absolute atomic E-state index is 13.7. The molecule has 3 nitrogen and oxygen atoms in total. The summed E-state index contributed by atoms with van der Waals surface area (Å²) in [6.45, 7) is 2.00. The highest BCUT2D eigenvalue weighted by Crippen LogP contribution is 2.53. The van der Waals surface area contributed by atoms with Gasteiger partial charge in [0, 0.05) is 30.2 Å². The molecule has 2 aromatic rings. The smallest absolute Gasteiger partial charge is 0.354 e. The molecule has 0 N–H and O–H groups in total. The van der Waals surface area contributed by atoms with Crippen molar-refractivity contribution in [2.45, 2.75) is 44.8 Å². The van der Waals surface area contributed by atoms with Gasteiger partial charge in [0.1, 0.15) is 0 Å². The molecule has 1 aliphatic rings. The molecule has 142 valence electrons. The topological polar surface area (TPSA) is 31.2 Å². The zero-order valence-electron chi connectivity index (χ0n) is 13.9. The van der Waals surface area contributed by atoms with Crippen molar-refractivity contribution in [2.75, 3.05) is 6.61 Å². The first-order chi connectivity index (χ1) is 11.9. The fourth-order valence-corrected chi connectivity index (χ4v) is 3.56. The molecule has 0 spiro atoms. The molecule has 2 heterocycles. The Balaban J connectivity index is 2.42. The number of hydrogen-bond donors (Lipinski definition) is 0. The number of ether oxygens (including phenoxy) is 1. The van der Waals surface area contributed by atoms with Crippen LogP contribution in [0.4, 0.5) is 26.3 Å². The van der Waals surface area contributed by atoms with E-state index in [4.69, 9.17) is 0 Å². The van der Waals surface area contributed by atoms with E-state index in [1.54, 1.807) is 0 Å². The molecule has 0 saturated heterocycles. The van der Waals surface area contributed by atoms with Crippen LogP contribution in [0.3, 0.4) is 0 Å². The van der Waals surface area contributed by atoms with Gasteiger partial charge in [0.2, 0.25) is 0 Å². The Labute approximate surface area is 144 Å². The summed E-state index contributed by atoms with van der Waals surface area (Å²) in [6.07, 6.45) is -11.2. The number of hydrogen-bond acceptors (Lipinski definition) is 2. The van der Waals surface area contributed by atoms with Crippen LogP contribution in [0.1, 0.15) is 23.6 Å². The minimum Gasteiger partial charge on any atom is -0.354 e. The van der Waals surface area contributed by atoms with Gasteiger partial charge in [-0.3, -0.25) is 4.79 Å². The number of aromatic nitrogens is 1. The molecule has 3 rings (SSSR count). The van der Waals surface area contributed by atoms with Gasteiger partial charge in [-0.1, -0.05) is 6.07 Å². The molecule has 0 radical (unpaired) electrons. The first kappa shape index (κ1) is 18.8. The van der Waals surface area contributed by atoms with Gasteiger partial charge in [0.25, 0.3) is 11.2 Å². The molecule has 1 aromatic carbocycles. The molecule has 9 heteroatoms. The lowest BCUT2D eigenvalue weighted by Crippen LogP contribution is -2.56. The zero-order valence-corrected chi connectivity index (χ0v) is 13.9. The zero-order chi connectivity index (χ0) is 19.5. The molecule has 0 aliphatic carbocycles. The van der Waals surface area contributed by atoms with E-state index in [-0.39, 0.29) is 29.5 Å². The Hall–Kier alpha value is -2.03. The number of alkyl halides is 6. The molecule has 1 aromatic heterocycles. The van der Waals surface area contributed by atoms with Crippen molar-refractivity contribution in [1.82, 2.24) is 4.57 Å². The molecule has 0 bridgehead atoms. The lowest BCUT2D eigenvalue weighted by molar-refractivity contribution is -0.388. The number of halogens is 6. The van der Waals surface area contributed by atoms with E-state index in [0.717, 1.165) is 19.1 Å². The molecule has 1 aliphatic heterocycles. The second-order valence-electron chi connectivity index (χ2n) is 6.21. The van der Waals surface area contributed by atoms with Crippen molar-refractivity contribution in [3.63, 3.8) is 0 Å². The Bertz CT molecular complexity index is 912. The van der Waals surface area contributed by atoms with E-state index in [2.05, 4.69) is 4.74 Å². The van der Waals surface area contributed by atoms with E-state index in [9.17, 15) is 31.1 Å². The summed E-state index contributed by atoms with van der Waals surface area (Å²) in [5.41, 5.74) is -4.79. The van der Waals surface area contributed by atoms with Crippen LogP contribution in [-0.4, -0.2) is 23.5 Å². The summed E-state index contributed by atoms with van der Waals surface area (Å²) >= 11 is 0. The summed E-state index contributed by atoms with van der Waals surface area (Å²) in [5, 5.41) is 0.187. The van der Waals surface area contributed by atoms with E-state index >= 15 is 0 Å². The van der Waals surface area contributed by atoms with E-state index in [1.165, 1.54) is 17.6 Å². The van der Waals surface area contributed by atoms with Gasteiger partial charge in [0.15, 0.2) is 0 Å². The number of pyridine rings is 1. The van der Waals surface area contributed by atoms with E-state index in [0.29, 0.717) is 11.1 Å². The summed E-state index contributed by atoms with van der Waals surface area (Å²) < 4.78 is 87.7. The van der Waals surface area contributed by atoms with Gasteiger partial charge in [-0.05, 0) is 37.5 Å². The number of nitrogens with zero attached hydrogens (tertiary/aromatic N) is 1. The largest absolute Gasteiger partial charge is 0.430 e. The Kier molecular flexibility index (Phi) is 4.14. The summed E-state index contributed by atoms with van der Waals surface area (Å²) in [4.78, 5) is 12.0. The van der Waals surface area contributed by atoms with Crippen LogP contribution >= 0.6 is 0 Å². The van der Waals surface area contributed by atoms with Gasteiger partial charge in [0.05, 0.1) is 5.52 Å². The van der Waals surface area contributed by atoms with Crippen LogP contribution in [0.2, 0.25) is 0 Å². The highest BCUT2D eigenvalue weighted by molar-refractivity contribution is 5.87. The molecule has 0 atom stereocenters. The Morgan fingerprint density at radius 3 is 2.23 bits per heavy atom. The van der Waals surface area contributed by atoms with Crippen molar-refractivity contribution in [3.8, 4) is 0 Å². The second-order valence-corrected chi connectivity index (χ2v) is 6.21.